The zero-order chi connectivity index (χ0) is 25.2. The Morgan fingerprint density at radius 1 is 1.00 bits per heavy atom. The summed E-state index contributed by atoms with van der Waals surface area (Å²) >= 11 is 0. The number of hydrogen-bond donors (Lipinski definition) is 1. The lowest BCUT2D eigenvalue weighted by Crippen LogP contribution is -2.62. The Hall–Kier alpha value is -1.91. The van der Waals surface area contributed by atoms with E-state index in [2.05, 4.69) is 52.8 Å². The summed E-state index contributed by atoms with van der Waals surface area (Å²) in [6.45, 7) is 14.0. The van der Waals surface area contributed by atoms with Crippen LogP contribution in [0.5, 0.6) is 0 Å². The van der Waals surface area contributed by atoms with E-state index >= 15 is 0 Å². The Bertz CT molecular complexity index is 1140. The predicted octanol–water partition coefficient (Wildman–Crippen LogP) is 5.76. The van der Waals surface area contributed by atoms with E-state index in [0.29, 0.717) is 5.92 Å². The van der Waals surface area contributed by atoms with E-state index in [9.17, 15) is 9.59 Å². The van der Waals surface area contributed by atoms with Crippen molar-refractivity contribution in [2.45, 2.75) is 98.3 Å². The maximum Gasteiger partial charge on any atom is 0.223 e. The molecule has 35 heavy (non-hydrogen) atoms. The number of rotatable bonds is 1. The molecule has 0 radical (unpaired) electrons. The first-order chi connectivity index (χ1) is 16.3. The topological polar surface area (TPSA) is 86.2 Å². The van der Waals surface area contributed by atoms with Crippen LogP contribution >= 0.6 is 0 Å². The van der Waals surface area contributed by atoms with Gasteiger partial charge in [-0.15, -0.1) is 0 Å². The zero-order valence-electron chi connectivity index (χ0n) is 22.4. The van der Waals surface area contributed by atoms with Crippen LogP contribution in [0.25, 0.3) is 0 Å². The summed E-state index contributed by atoms with van der Waals surface area (Å²) < 4.78 is 5.77. The number of aromatic nitrogens is 1. The predicted molar refractivity (Wildman–Crippen MR) is 134 cm³/mol. The summed E-state index contributed by atoms with van der Waals surface area (Å²) in [5, 5.41) is 4.17. The van der Waals surface area contributed by atoms with E-state index in [0.717, 1.165) is 57.1 Å². The first-order valence-corrected chi connectivity index (χ1v) is 13.8. The van der Waals surface area contributed by atoms with Gasteiger partial charge in [0.25, 0.3) is 0 Å². The van der Waals surface area contributed by atoms with Gasteiger partial charge in [0.05, 0.1) is 11.6 Å². The summed E-state index contributed by atoms with van der Waals surface area (Å²) in [6.07, 6.45) is 11.5. The van der Waals surface area contributed by atoms with Gasteiger partial charge in [0, 0.05) is 16.9 Å². The zero-order valence-corrected chi connectivity index (χ0v) is 22.4. The van der Waals surface area contributed by atoms with Gasteiger partial charge in [-0.2, -0.15) is 0 Å². The fraction of sp³-hybridized carbons (Fsp3) is 0.767. The standard InChI is InChI=1S/C30H42N2O3/c1-26(2)11-12-30(25(31)34)10-7-18-23(19(30)15-26)20(33)13-22-28(18,5)9-8-21-27(3,4)24-17(16-32-35-24)14-29(21,22)6/h13,16,18-19,21,23H,7-12,14-15H2,1-6H3,(H2,31,34). The van der Waals surface area contributed by atoms with Crippen molar-refractivity contribution in [3.63, 3.8) is 0 Å². The van der Waals surface area contributed by atoms with Gasteiger partial charge < -0.3 is 10.3 Å². The average Bonchev–Trinajstić information content (AvgIpc) is 3.23. The monoisotopic (exact) mass is 478 g/mol. The van der Waals surface area contributed by atoms with Crippen LogP contribution in [0.2, 0.25) is 0 Å². The second-order valence-corrected chi connectivity index (χ2v) is 14.6. The molecule has 0 bridgehead atoms. The fourth-order valence-electron chi connectivity index (χ4n) is 10.4. The summed E-state index contributed by atoms with van der Waals surface area (Å²) in [4.78, 5) is 27.1. The van der Waals surface area contributed by atoms with Crippen LogP contribution in [0.3, 0.4) is 0 Å². The van der Waals surface area contributed by atoms with E-state index in [1.165, 1.54) is 11.1 Å². The molecule has 2 N–H and O–H groups in total. The smallest absolute Gasteiger partial charge is 0.223 e. The molecule has 3 fully saturated rings. The molecule has 0 aliphatic heterocycles. The second-order valence-electron chi connectivity index (χ2n) is 14.6. The van der Waals surface area contributed by atoms with Gasteiger partial charge in [-0.05, 0) is 91.4 Å². The van der Waals surface area contributed by atoms with Crippen molar-refractivity contribution in [3.8, 4) is 0 Å². The molecule has 7 unspecified atom stereocenters. The molecule has 1 aromatic heterocycles. The highest BCUT2D eigenvalue weighted by Crippen LogP contribution is 2.70. The number of fused-ring (bicyclic) bond motifs is 8. The molecule has 5 aliphatic rings. The molecule has 5 aliphatic carbocycles. The number of amides is 1. The number of carbonyl (C=O) groups is 2. The van der Waals surface area contributed by atoms with E-state index < -0.39 is 5.41 Å². The third kappa shape index (κ3) is 2.84. The maximum absolute atomic E-state index is 14.2. The average molecular weight is 479 g/mol. The number of primary amides is 1. The Labute approximate surface area is 209 Å². The van der Waals surface area contributed by atoms with Crippen LogP contribution in [0, 0.1) is 45.3 Å². The first-order valence-electron chi connectivity index (χ1n) is 13.8. The van der Waals surface area contributed by atoms with Crippen molar-refractivity contribution < 1.29 is 14.1 Å². The van der Waals surface area contributed by atoms with Gasteiger partial charge in [0.1, 0.15) is 5.76 Å². The molecule has 5 heteroatoms. The van der Waals surface area contributed by atoms with E-state index in [4.69, 9.17) is 10.3 Å². The number of nitrogens with zero attached hydrogens (tertiary/aromatic N) is 1. The Kier molecular flexibility index (Phi) is 4.62. The third-order valence-corrected chi connectivity index (χ3v) is 12.0. The van der Waals surface area contributed by atoms with Gasteiger partial charge in [-0.3, -0.25) is 9.59 Å². The number of carbonyl (C=O) groups excluding carboxylic acids is 2. The molecule has 0 aromatic carbocycles. The summed E-state index contributed by atoms with van der Waals surface area (Å²) in [6, 6.07) is 0. The molecular weight excluding hydrogens is 436 g/mol. The van der Waals surface area contributed by atoms with Crippen molar-refractivity contribution in [2.24, 2.45) is 51.1 Å². The van der Waals surface area contributed by atoms with Crippen LogP contribution in [-0.2, 0) is 21.4 Å². The Morgan fingerprint density at radius 3 is 2.46 bits per heavy atom. The molecule has 1 amide bonds. The molecule has 0 saturated heterocycles. The highest BCUT2D eigenvalue weighted by atomic mass is 16.5. The van der Waals surface area contributed by atoms with Crippen molar-refractivity contribution in [3.05, 3.63) is 29.2 Å². The second kappa shape index (κ2) is 6.89. The SMILES string of the molecule is CC1(C)CCC2(C(N)=O)CCC3C(C(=O)C=C4C3(C)CCC3C4(C)Cc4cnoc4C3(C)C)C2C1. The van der Waals surface area contributed by atoms with Crippen molar-refractivity contribution >= 4 is 11.7 Å². The molecule has 0 spiro atoms. The van der Waals surface area contributed by atoms with Gasteiger partial charge in [0.2, 0.25) is 5.91 Å². The number of ketones is 1. The minimum absolute atomic E-state index is 0.0278. The van der Waals surface area contributed by atoms with Gasteiger partial charge in [-0.25, -0.2) is 0 Å². The quantitative estimate of drug-likeness (QED) is 0.556. The van der Waals surface area contributed by atoms with Crippen molar-refractivity contribution in [2.75, 3.05) is 0 Å². The highest BCUT2D eigenvalue weighted by Gasteiger charge is 2.66. The van der Waals surface area contributed by atoms with Crippen LogP contribution in [0.15, 0.2) is 22.4 Å². The minimum atomic E-state index is -0.515. The third-order valence-electron chi connectivity index (χ3n) is 12.0. The molecule has 7 atom stereocenters. The molecular formula is C30H42N2O3. The van der Waals surface area contributed by atoms with E-state index in [1.807, 2.05) is 6.20 Å². The fourth-order valence-corrected chi connectivity index (χ4v) is 10.4. The van der Waals surface area contributed by atoms with Crippen LogP contribution < -0.4 is 5.73 Å². The largest absolute Gasteiger partial charge is 0.369 e. The number of nitrogens with two attached hydrogens (primary N) is 1. The summed E-state index contributed by atoms with van der Waals surface area (Å²) in [7, 11) is 0. The van der Waals surface area contributed by atoms with E-state index in [-0.39, 0.29) is 51.1 Å². The number of hydrogen-bond acceptors (Lipinski definition) is 4. The Balaban J connectivity index is 1.47. The Morgan fingerprint density at radius 2 is 1.74 bits per heavy atom. The van der Waals surface area contributed by atoms with Gasteiger partial charge in [-0.1, -0.05) is 52.3 Å². The van der Waals surface area contributed by atoms with Gasteiger partial charge >= 0.3 is 0 Å². The maximum atomic E-state index is 14.2. The number of allylic oxidation sites excluding steroid dienone is 2. The lowest BCUT2D eigenvalue weighted by molar-refractivity contribution is -0.159. The first kappa shape index (κ1) is 23.5. The van der Waals surface area contributed by atoms with Crippen LogP contribution in [0.4, 0.5) is 0 Å². The molecule has 5 nitrogen and oxygen atoms in total. The summed E-state index contributed by atoms with van der Waals surface area (Å²) in [5.41, 5.74) is 8.05. The van der Waals surface area contributed by atoms with Crippen molar-refractivity contribution in [1.29, 1.82) is 0 Å². The normalized spacial score (nSPS) is 45.2. The van der Waals surface area contributed by atoms with Gasteiger partial charge in [0.15, 0.2) is 5.78 Å². The van der Waals surface area contributed by atoms with Crippen LogP contribution in [-0.4, -0.2) is 16.8 Å². The minimum Gasteiger partial charge on any atom is -0.369 e. The summed E-state index contributed by atoms with van der Waals surface area (Å²) in [5.74, 6) is 1.76. The molecule has 1 heterocycles. The van der Waals surface area contributed by atoms with Crippen LogP contribution in [0.1, 0.15) is 97.8 Å². The lowest BCUT2D eigenvalue weighted by Gasteiger charge is -2.65. The molecule has 190 valence electrons. The molecule has 6 rings (SSSR count). The van der Waals surface area contributed by atoms with Crippen molar-refractivity contribution in [1.82, 2.24) is 5.16 Å². The lowest BCUT2D eigenvalue weighted by atomic mass is 9.38. The highest BCUT2D eigenvalue weighted by molar-refractivity contribution is 5.96. The van der Waals surface area contributed by atoms with E-state index in [1.54, 1.807) is 0 Å². The molecule has 1 aromatic rings. The molecule has 3 saturated carbocycles.